The first-order chi connectivity index (χ1) is 9.27. The fraction of sp³-hybridized carbons (Fsp3) is 0.0588. The molecule has 0 heterocycles. The van der Waals surface area contributed by atoms with E-state index in [0.29, 0.717) is 0 Å². The lowest BCUT2D eigenvalue weighted by Crippen LogP contribution is -2.08. The summed E-state index contributed by atoms with van der Waals surface area (Å²) in [7, 11) is 0. The molecule has 0 radical (unpaired) electrons. The molecule has 1 aliphatic carbocycles. The summed E-state index contributed by atoms with van der Waals surface area (Å²) in [6.45, 7) is 0. The zero-order valence-electron chi connectivity index (χ0n) is 10.4. The van der Waals surface area contributed by atoms with E-state index >= 15 is 0 Å². The number of hydrogen-bond donors (Lipinski definition) is 2. The third-order valence-corrected chi connectivity index (χ3v) is 4.02. The normalized spacial score (nSPS) is 16.4. The average molecular weight is 246 g/mol. The quantitative estimate of drug-likeness (QED) is 0.597. The van der Waals surface area contributed by atoms with Crippen LogP contribution in [-0.2, 0) is 0 Å². The van der Waals surface area contributed by atoms with Crippen LogP contribution in [0.4, 0.5) is 5.69 Å². The van der Waals surface area contributed by atoms with Gasteiger partial charge in [0.25, 0.3) is 0 Å². The van der Waals surface area contributed by atoms with Crippen LogP contribution >= 0.6 is 0 Å². The fourth-order valence-electron chi connectivity index (χ4n) is 3.15. The first-order valence-corrected chi connectivity index (χ1v) is 6.43. The zero-order chi connectivity index (χ0) is 13.0. The van der Waals surface area contributed by atoms with Gasteiger partial charge in [0.05, 0.1) is 6.04 Å². The van der Waals surface area contributed by atoms with Crippen LogP contribution in [0.15, 0.2) is 54.6 Å². The Hall–Kier alpha value is -2.32. The molecule has 0 fully saturated rings. The van der Waals surface area contributed by atoms with Crippen LogP contribution in [0.3, 0.4) is 0 Å². The maximum atomic E-state index is 6.43. The van der Waals surface area contributed by atoms with Crippen molar-refractivity contribution in [1.29, 1.82) is 0 Å². The van der Waals surface area contributed by atoms with Gasteiger partial charge < -0.3 is 11.5 Å². The maximum absolute atomic E-state index is 6.43. The van der Waals surface area contributed by atoms with Crippen LogP contribution in [-0.4, -0.2) is 0 Å². The lowest BCUT2D eigenvalue weighted by molar-refractivity contribution is 0.910. The van der Waals surface area contributed by atoms with Crippen molar-refractivity contribution in [2.45, 2.75) is 6.04 Å². The van der Waals surface area contributed by atoms with Gasteiger partial charge in [0.15, 0.2) is 0 Å². The molecule has 0 saturated heterocycles. The number of hydrogen-bond acceptors (Lipinski definition) is 2. The van der Waals surface area contributed by atoms with Crippen LogP contribution in [0.25, 0.3) is 21.9 Å². The number of anilines is 1. The molecular formula is C17H14N2. The van der Waals surface area contributed by atoms with Gasteiger partial charge >= 0.3 is 0 Å². The van der Waals surface area contributed by atoms with Gasteiger partial charge in [-0.15, -0.1) is 0 Å². The van der Waals surface area contributed by atoms with Crippen LogP contribution in [0.1, 0.15) is 17.2 Å². The third kappa shape index (κ3) is 1.29. The minimum Gasteiger partial charge on any atom is -0.398 e. The summed E-state index contributed by atoms with van der Waals surface area (Å²) >= 11 is 0. The Bertz CT molecular complexity index is 805. The molecule has 3 aromatic rings. The topological polar surface area (TPSA) is 52.0 Å². The first-order valence-electron chi connectivity index (χ1n) is 6.43. The molecule has 4 N–H and O–H groups in total. The number of nitrogens with two attached hydrogens (primary N) is 2. The van der Waals surface area contributed by atoms with E-state index in [1.54, 1.807) is 0 Å². The van der Waals surface area contributed by atoms with E-state index in [0.717, 1.165) is 11.1 Å². The Morgan fingerprint density at radius 1 is 0.789 bits per heavy atom. The maximum Gasteiger partial charge on any atom is 0.0570 e. The Labute approximate surface area is 111 Å². The summed E-state index contributed by atoms with van der Waals surface area (Å²) in [6, 6.07) is 18.5. The van der Waals surface area contributed by atoms with Crippen molar-refractivity contribution >= 4 is 16.5 Å². The van der Waals surface area contributed by atoms with Gasteiger partial charge in [0.1, 0.15) is 0 Å². The molecule has 3 aromatic carbocycles. The highest BCUT2D eigenvalue weighted by Gasteiger charge is 2.27. The van der Waals surface area contributed by atoms with Crippen molar-refractivity contribution in [2.24, 2.45) is 5.73 Å². The Balaban J connectivity index is 2.18. The molecule has 1 atom stereocenters. The fourth-order valence-corrected chi connectivity index (χ4v) is 3.15. The van der Waals surface area contributed by atoms with Crippen LogP contribution < -0.4 is 11.5 Å². The van der Waals surface area contributed by atoms with Gasteiger partial charge in [-0.05, 0) is 33.7 Å². The number of fused-ring (bicyclic) bond motifs is 5. The van der Waals surface area contributed by atoms with Crippen molar-refractivity contribution < 1.29 is 0 Å². The second kappa shape index (κ2) is 3.59. The van der Waals surface area contributed by atoms with E-state index in [1.807, 2.05) is 24.3 Å². The lowest BCUT2D eigenvalue weighted by Gasteiger charge is -2.12. The summed E-state index contributed by atoms with van der Waals surface area (Å²) in [5.41, 5.74) is 18.2. The van der Waals surface area contributed by atoms with Crippen molar-refractivity contribution in [3.8, 4) is 11.1 Å². The minimum atomic E-state index is -0.0586. The smallest absolute Gasteiger partial charge is 0.0570 e. The molecule has 1 unspecified atom stereocenters. The minimum absolute atomic E-state index is 0.0586. The summed E-state index contributed by atoms with van der Waals surface area (Å²) < 4.78 is 0. The van der Waals surface area contributed by atoms with Crippen LogP contribution in [0, 0.1) is 0 Å². The monoisotopic (exact) mass is 246 g/mol. The summed E-state index contributed by atoms with van der Waals surface area (Å²) in [6.07, 6.45) is 0. The highest BCUT2D eigenvalue weighted by Crippen LogP contribution is 2.46. The van der Waals surface area contributed by atoms with Crippen LogP contribution in [0.5, 0.6) is 0 Å². The second-order valence-electron chi connectivity index (χ2n) is 5.04. The molecule has 0 aromatic heterocycles. The lowest BCUT2D eigenvalue weighted by atomic mass is 9.96. The largest absolute Gasteiger partial charge is 0.398 e. The summed E-state index contributed by atoms with van der Waals surface area (Å²) in [5, 5.41) is 2.26. The van der Waals surface area contributed by atoms with E-state index < -0.39 is 0 Å². The van der Waals surface area contributed by atoms with Gasteiger partial charge in [-0.3, -0.25) is 0 Å². The Kier molecular flexibility index (Phi) is 2.00. The summed E-state index contributed by atoms with van der Waals surface area (Å²) in [5.74, 6) is 0. The van der Waals surface area contributed by atoms with Crippen molar-refractivity contribution in [2.75, 3.05) is 5.73 Å². The van der Waals surface area contributed by atoms with E-state index in [1.165, 1.54) is 27.6 Å². The first kappa shape index (κ1) is 10.6. The predicted octanol–water partition coefficient (Wildman–Crippen LogP) is 3.45. The standard InChI is InChI=1S/C17H14N2/c18-15-9-14-10-5-1-4-8-13(10)17(19)16(14)12-7-3-2-6-11(12)15/h1-9,17H,18-19H2. The molecule has 0 aliphatic heterocycles. The average Bonchev–Trinajstić information content (AvgIpc) is 2.73. The van der Waals surface area contributed by atoms with Gasteiger partial charge in [-0.1, -0.05) is 48.5 Å². The number of rotatable bonds is 0. The van der Waals surface area contributed by atoms with E-state index in [9.17, 15) is 0 Å². The molecule has 0 saturated carbocycles. The van der Waals surface area contributed by atoms with Crippen molar-refractivity contribution in [3.63, 3.8) is 0 Å². The van der Waals surface area contributed by atoms with Gasteiger partial charge in [0, 0.05) is 11.1 Å². The molecule has 4 rings (SSSR count). The van der Waals surface area contributed by atoms with Gasteiger partial charge in [0.2, 0.25) is 0 Å². The van der Waals surface area contributed by atoms with Crippen molar-refractivity contribution in [3.05, 3.63) is 65.7 Å². The highest BCUT2D eigenvalue weighted by molar-refractivity contribution is 6.02. The van der Waals surface area contributed by atoms with E-state index in [2.05, 4.69) is 30.3 Å². The second-order valence-corrected chi connectivity index (χ2v) is 5.04. The molecule has 0 spiro atoms. The van der Waals surface area contributed by atoms with Gasteiger partial charge in [-0.25, -0.2) is 0 Å². The summed E-state index contributed by atoms with van der Waals surface area (Å²) in [4.78, 5) is 0. The van der Waals surface area contributed by atoms with Crippen molar-refractivity contribution in [1.82, 2.24) is 0 Å². The molecule has 92 valence electrons. The Morgan fingerprint density at radius 2 is 1.47 bits per heavy atom. The third-order valence-electron chi connectivity index (χ3n) is 4.02. The van der Waals surface area contributed by atoms with Crippen LogP contribution in [0.2, 0.25) is 0 Å². The van der Waals surface area contributed by atoms with E-state index in [-0.39, 0.29) is 6.04 Å². The molecular weight excluding hydrogens is 232 g/mol. The molecule has 0 bridgehead atoms. The highest BCUT2D eigenvalue weighted by atomic mass is 14.7. The Morgan fingerprint density at radius 3 is 2.32 bits per heavy atom. The molecule has 1 aliphatic rings. The number of nitrogen functional groups attached to an aromatic ring is 1. The number of benzene rings is 3. The van der Waals surface area contributed by atoms with Gasteiger partial charge in [-0.2, -0.15) is 0 Å². The molecule has 0 amide bonds. The zero-order valence-corrected chi connectivity index (χ0v) is 10.4. The molecule has 2 heteroatoms. The van der Waals surface area contributed by atoms with E-state index in [4.69, 9.17) is 11.5 Å². The molecule has 19 heavy (non-hydrogen) atoms. The SMILES string of the molecule is Nc1cc2c(c3ccccc13)C(N)c1ccccc1-2. The predicted molar refractivity (Wildman–Crippen MR) is 79.8 cm³/mol. The molecule has 2 nitrogen and oxygen atoms in total.